The van der Waals surface area contributed by atoms with Gasteiger partial charge < -0.3 is 14.7 Å². The largest absolute Gasteiger partial charge is 0.303 e. The predicted molar refractivity (Wildman–Crippen MR) is 75.6 cm³/mol. The Morgan fingerprint density at radius 3 is 2.06 bits per heavy atom. The molecule has 1 aliphatic rings. The molecule has 0 aliphatic carbocycles. The number of likely N-dealkylation sites (N-methyl/N-ethyl adjacent to an activating group) is 2. The van der Waals surface area contributed by atoms with Crippen molar-refractivity contribution in [3.63, 3.8) is 0 Å². The highest BCUT2D eigenvalue weighted by Gasteiger charge is 2.21. The molecule has 1 aliphatic heterocycles. The topological polar surface area (TPSA) is 9.72 Å². The molecule has 102 valence electrons. The minimum absolute atomic E-state index is 0.813. The van der Waals surface area contributed by atoms with Gasteiger partial charge in [0.15, 0.2) is 0 Å². The third-order valence-electron chi connectivity index (χ3n) is 4.29. The van der Waals surface area contributed by atoms with E-state index in [9.17, 15) is 0 Å². The van der Waals surface area contributed by atoms with Gasteiger partial charge in [-0.25, -0.2) is 0 Å². The molecule has 17 heavy (non-hydrogen) atoms. The van der Waals surface area contributed by atoms with E-state index in [-0.39, 0.29) is 0 Å². The standard InChI is InChI=1S/C14H31N3/c1-5-16(6-2)13-12-15(4)14-8-10-17(7-3)11-9-14/h14H,5-13H2,1-4H3. The van der Waals surface area contributed by atoms with E-state index >= 15 is 0 Å². The molecule has 0 radical (unpaired) electrons. The number of hydrogen-bond acceptors (Lipinski definition) is 3. The molecule has 3 heteroatoms. The fourth-order valence-electron chi connectivity index (χ4n) is 2.70. The van der Waals surface area contributed by atoms with Gasteiger partial charge in [-0.3, -0.25) is 0 Å². The Hall–Kier alpha value is -0.120. The van der Waals surface area contributed by atoms with Crippen LogP contribution >= 0.6 is 0 Å². The van der Waals surface area contributed by atoms with E-state index in [1.165, 1.54) is 58.7 Å². The van der Waals surface area contributed by atoms with Crippen LogP contribution in [-0.4, -0.2) is 73.6 Å². The Labute approximate surface area is 108 Å². The molecule has 0 aromatic rings. The maximum absolute atomic E-state index is 2.57. The van der Waals surface area contributed by atoms with Gasteiger partial charge >= 0.3 is 0 Å². The van der Waals surface area contributed by atoms with Crippen LogP contribution in [0.25, 0.3) is 0 Å². The highest BCUT2D eigenvalue weighted by atomic mass is 15.2. The van der Waals surface area contributed by atoms with Crippen LogP contribution < -0.4 is 0 Å². The zero-order chi connectivity index (χ0) is 12.7. The van der Waals surface area contributed by atoms with Gasteiger partial charge in [0.05, 0.1) is 0 Å². The Kier molecular flexibility index (Phi) is 7.09. The SMILES string of the molecule is CCN(CC)CCN(C)C1CCN(CC)CC1. The molecule has 3 nitrogen and oxygen atoms in total. The molecule has 1 saturated heterocycles. The van der Waals surface area contributed by atoms with E-state index in [0.29, 0.717) is 0 Å². The maximum atomic E-state index is 2.57. The quantitative estimate of drug-likeness (QED) is 0.672. The summed E-state index contributed by atoms with van der Waals surface area (Å²) >= 11 is 0. The number of piperidine rings is 1. The van der Waals surface area contributed by atoms with Crippen LogP contribution in [-0.2, 0) is 0 Å². The lowest BCUT2D eigenvalue weighted by molar-refractivity contribution is 0.121. The highest BCUT2D eigenvalue weighted by Crippen LogP contribution is 2.14. The molecule has 0 aromatic heterocycles. The Balaban J connectivity index is 2.22. The summed E-state index contributed by atoms with van der Waals surface area (Å²) in [5.41, 5.74) is 0. The summed E-state index contributed by atoms with van der Waals surface area (Å²) in [6, 6.07) is 0.813. The fraction of sp³-hybridized carbons (Fsp3) is 1.00. The maximum Gasteiger partial charge on any atom is 0.0117 e. The van der Waals surface area contributed by atoms with Crippen LogP contribution in [0.4, 0.5) is 0 Å². The minimum atomic E-state index is 0.813. The van der Waals surface area contributed by atoms with E-state index in [1.54, 1.807) is 0 Å². The van der Waals surface area contributed by atoms with Gasteiger partial charge in [-0.1, -0.05) is 20.8 Å². The first-order chi connectivity index (χ1) is 8.21. The van der Waals surface area contributed by atoms with Gasteiger partial charge in [0.25, 0.3) is 0 Å². The first kappa shape index (κ1) is 14.9. The van der Waals surface area contributed by atoms with Crippen molar-refractivity contribution >= 4 is 0 Å². The van der Waals surface area contributed by atoms with Crippen molar-refractivity contribution in [2.75, 3.05) is 52.9 Å². The normalized spacial score (nSPS) is 19.4. The van der Waals surface area contributed by atoms with E-state index < -0.39 is 0 Å². The van der Waals surface area contributed by atoms with Crippen LogP contribution in [0.15, 0.2) is 0 Å². The van der Waals surface area contributed by atoms with Crippen LogP contribution in [0.1, 0.15) is 33.6 Å². The van der Waals surface area contributed by atoms with Crippen molar-refractivity contribution < 1.29 is 0 Å². The van der Waals surface area contributed by atoms with E-state index in [0.717, 1.165) is 6.04 Å². The zero-order valence-corrected chi connectivity index (χ0v) is 12.3. The van der Waals surface area contributed by atoms with Crippen molar-refractivity contribution in [2.24, 2.45) is 0 Å². The first-order valence-corrected chi connectivity index (χ1v) is 7.36. The van der Waals surface area contributed by atoms with Gasteiger partial charge in [0.2, 0.25) is 0 Å². The summed E-state index contributed by atoms with van der Waals surface area (Å²) in [6.07, 6.45) is 2.70. The van der Waals surface area contributed by atoms with E-state index in [1.807, 2.05) is 0 Å². The second-order valence-corrected chi connectivity index (χ2v) is 5.17. The van der Waals surface area contributed by atoms with Crippen LogP contribution in [0.5, 0.6) is 0 Å². The average Bonchev–Trinajstić information content (AvgIpc) is 2.39. The van der Waals surface area contributed by atoms with E-state index in [4.69, 9.17) is 0 Å². The van der Waals surface area contributed by atoms with Crippen molar-refractivity contribution in [3.8, 4) is 0 Å². The van der Waals surface area contributed by atoms with Gasteiger partial charge in [-0.15, -0.1) is 0 Å². The number of hydrogen-bond donors (Lipinski definition) is 0. The fourth-order valence-corrected chi connectivity index (χ4v) is 2.70. The molecule has 1 heterocycles. The molecule has 0 atom stereocenters. The molecule has 0 N–H and O–H groups in total. The first-order valence-electron chi connectivity index (χ1n) is 7.36. The van der Waals surface area contributed by atoms with Gasteiger partial charge in [-0.2, -0.15) is 0 Å². The molecule has 0 spiro atoms. The molecule has 0 aromatic carbocycles. The van der Waals surface area contributed by atoms with Gasteiger partial charge in [0, 0.05) is 19.1 Å². The van der Waals surface area contributed by atoms with Crippen molar-refractivity contribution in [3.05, 3.63) is 0 Å². The van der Waals surface area contributed by atoms with Gasteiger partial charge in [0.1, 0.15) is 0 Å². The highest BCUT2D eigenvalue weighted by molar-refractivity contribution is 4.78. The Bertz CT molecular complexity index is 184. The monoisotopic (exact) mass is 241 g/mol. The Morgan fingerprint density at radius 1 is 1.00 bits per heavy atom. The second-order valence-electron chi connectivity index (χ2n) is 5.17. The minimum Gasteiger partial charge on any atom is -0.303 e. The lowest BCUT2D eigenvalue weighted by Gasteiger charge is -2.37. The average molecular weight is 241 g/mol. The number of nitrogens with zero attached hydrogens (tertiary/aromatic N) is 3. The molecule has 0 saturated carbocycles. The lowest BCUT2D eigenvalue weighted by Crippen LogP contribution is -2.45. The lowest BCUT2D eigenvalue weighted by atomic mass is 10.0. The van der Waals surface area contributed by atoms with Crippen LogP contribution in [0.3, 0.4) is 0 Å². The van der Waals surface area contributed by atoms with Crippen molar-refractivity contribution in [1.82, 2.24) is 14.7 Å². The molecule has 0 bridgehead atoms. The predicted octanol–water partition coefficient (Wildman–Crippen LogP) is 1.74. The summed E-state index contributed by atoms with van der Waals surface area (Å²) in [5, 5.41) is 0. The third kappa shape index (κ3) is 4.94. The molecular formula is C14H31N3. The summed E-state index contributed by atoms with van der Waals surface area (Å²) in [5.74, 6) is 0. The molecular weight excluding hydrogens is 210 g/mol. The van der Waals surface area contributed by atoms with E-state index in [2.05, 4.69) is 42.5 Å². The smallest absolute Gasteiger partial charge is 0.0117 e. The summed E-state index contributed by atoms with van der Waals surface area (Å²) < 4.78 is 0. The molecule has 0 amide bonds. The van der Waals surface area contributed by atoms with Crippen molar-refractivity contribution in [1.29, 1.82) is 0 Å². The van der Waals surface area contributed by atoms with Gasteiger partial charge in [-0.05, 0) is 52.6 Å². The third-order valence-corrected chi connectivity index (χ3v) is 4.29. The van der Waals surface area contributed by atoms with Crippen LogP contribution in [0, 0.1) is 0 Å². The number of likely N-dealkylation sites (tertiary alicyclic amines) is 1. The molecule has 1 fully saturated rings. The van der Waals surface area contributed by atoms with Crippen molar-refractivity contribution in [2.45, 2.75) is 39.7 Å². The zero-order valence-electron chi connectivity index (χ0n) is 12.3. The summed E-state index contributed by atoms with van der Waals surface area (Å²) in [6.45, 7) is 15.4. The van der Waals surface area contributed by atoms with Crippen LogP contribution in [0.2, 0.25) is 0 Å². The molecule has 0 unspecified atom stereocenters. The second kappa shape index (κ2) is 8.06. The summed E-state index contributed by atoms with van der Waals surface area (Å²) in [4.78, 5) is 7.65. The Morgan fingerprint density at radius 2 is 1.59 bits per heavy atom. The number of rotatable bonds is 7. The molecule has 1 rings (SSSR count). The summed E-state index contributed by atoms with van der Waals surface area (Å²) in [7, 11) is 2.30.